The lowest BCUT2D eigenvalue weighted by Crippen LogP contribution is -2.36. The first-order valence-electron chi connectivity index (χ1n) is 7.71. The number of carbonyl (C=O) groups excluding carboxylic acids is 2. The summed E-state index contributed by atoms with van der Waals surface area (Å²) in [4.78, 5) is 27.6. The lowest BCUT2D eigenvalue weighted by atomic mass is 10.0. The van der Waals surface area contributed by atoms with Gasteiger partial charge in [0.25, 0.3) is 5.91 Å². The van der Waals surface area contributed by atoms with Crippen LogP contribution in [0.4, 0.5) is 0 Å². The van der Waals surface area contributed by atoms with Gasteiger partial charge in [0.15, 0.2) is 5.78 Å². The number of ether oxygens (including phenoxy) is 1. The van der Waals surface area contributed by atoms with Gasteiger partial charge in [0.1, 0.15) is 10.6 Å². The molecular formula is C18H19NO3S. The molecule has 0 saturated carbocycles. The van der Waals surface area contributed by atoms with Gasteiger partial charge in [-0.25, -0.2) is 0 Å². The first kappa shape index (κ1) is 15.7. The molecule has 3 rings (SSSR count). The van der Waals surface area contributed by atoms with Crippen molar-refractivity contribution in [3.63, 3.8) is 0 Å². The lowest BCUT2D eigenvalue weighted by molar-refractivity contribution is 0.0719. The Hall–Kier alpha value is -2.14. The van der Waals surface area contributed by atoms with Crippen molar-refractivity contribution in [1.82, 2.24) is 4.90 Å². The number of carbonyl (C=O) groups is 2. The van der Waals surface area contributed by atoms with E-state index in [9.17, 15) is 9.59 Å². The van der Waals surface area contributed by atoms with Crippen LogP contribution >= 0.6 is 11.3 Å². The smallest absolute Gasteiger partial charge is 0.268 e. The summed E-state index contributed by atoms with van der Waals surface area (Å²) < 4.78 is 5.25. The molecule has 1 aromatic carbocycles. The van der Waals surface area contributed by atoms with Crippen LogP contribution in [0.5, 0.6) is 5.75 Å². The van der Waals surface area contributed by atoms with Gasteiger partial charge in [-0.3, -0.25) is 9.59 Å². The first-order valence-corrected chi connectivity index (χ1v) is 8.59. The van der Waals surface area contributed by atoms with E-state index < -0.39 is 0 Å². The Morgan fingerprint density at radius 1 is 1.26 bits per heavy atom. The molecule has 1 aliphatic heterocycles. The Morgan fingerprint density at radius 3 is 2.78 bits per heavy atom. The van der Waals surface area contributed by atoms with Gasteiger partial charge in [-0.2, -0.15) is 0 Å². The van der Waals surface area contributed by atoms with Gasteiger partial charge >= 0.3 is 0 Å². The van der Waals surface area contributed by atoms with Crippen molar-refractivity contribution in [1.29, 1.82) is 0 Å². The number of amides is 1. The number of methoxy groups -OCH3 is 1. The van der Waals surface area contributed by atoms with Crippen LogP contribution in [0.1, 0.15) is 39.3 Å². The van der Waals surface area contributed by atoms with Crippen LogP contribution in [0.25, 0.3) is 0 Å². The van der Waals surface area contributed by atoms with E-state index in [1.807, 2.05) is 40.6 Å². The molecule has 0 aliphatic carbocycles. The Labute approximate surface area is 139 Å². The molecule has 5 heteroatoms. The topological polar surface area (TPSA) is 46.6 Å². The second-order valence-corrected chi connectivity index (χ2v) is 6.52. The molecule has 0 radical (unpaired) electrons. The van der Waals surface area contributed by atoms with Crippen molar-refractivity contribution >= 4 is 23.0 Å². The van der Waals surface area contributed by atoms with Crippen LogP contribution < -0.4 is 4.74 Å². The Morgan fingerprint density at radius 2 is 2.04 bits per heavy atom. The molecule has 1 aliphatic rings. The molecule has 1 amide bonds. The molecule has 1 aromatic heterocycles. The fourth-order valence-corrected chi connectivity index (χ4v) is 3.83. The second kappa shape index (κ2) is 6.96. The van der Waals surface area contributed by atoms with Crippen LogP contribution in [0, 0.1) is 0 Å². The first-order chi connectivity index (χ1) is 11.2. The molecule has 120 valence electrons. The number of benzene rings is 1. The monoisotopic (exact) mass is 329 g/mol. The highest BCUT2D eigenvalue weighted by atomic mass is 32.1. The number of hydrogen-bond donors (Lipinski definition) is 0. The quantitative estimate of drug-likeness (QED) is 0.787. The summed E-state index contributed by atoms with van der Waals surface area (Å²) >= 11 is 1.39. The number of rotatable bonds is 5. The van der Waals surface area contributed by atoms with E-state index in [1.54, 1.807) is 13.2 Å². The van der Waals surface area contributed by atoms with Crippen LogP contribution in [0.2, 0.25) is 0 Å². The van der Waals surface area contributed by atoms with E-state index in [4.69, 9.17) is 4.74 Å². The molecule has 2 aromatic rings. The number of hydrogen-bond acceptors (Lipinski definition) is 4. The third kappa shape index (κ3) is 3.29. The summed E-state index contributed by atoms with van der Waals surface area (Å²) in [7, 11) is 1.57. The average molecular weight is 329 g/mol. The van der Waals surface area contributed by atoms with Crippen molar-refractivity contribution in [2.24, 2.45) is 0 Å². The minimum absolute atomic E-state index is 0.0259. The van der Waals surface area contributed by atoms with Gasteiger partial charge in [0.05, 0.1) is 7.11 Å². The summed E-state index contributed by atoms with van der Waals surface area (Å²) in [6.45, 7) is 0.701. The highest BCUT2D eigenvalue weighted by molar-refractivity contribution is 7.12. The number of nitrogens with zero attached hydrogens (tertiary/aromatic N) is 1. The van der Waals surface area contributed by atoms with Crippen LogP contribution in [0.3, 0.4) is 0 Å². The highest BCUT2D eigenvalue weighted by Gasteiger charge is 2.32. The van der Waals surface area contributed by atoms with E-state index in [2.05, 4.69) is 0 Å². The molecule has 0 N–H and O–H groups in total. The average Bonchev–Trinajstić information content (AvgIpc) is 3.24. The molecule has 23 heavy (non-hydrogen) atoms. The summed E-state index contributed by atoms with van der Waals surface area (Å²) in [5.41, 5.74) is 0.709. The molecule has 0 bridgehead atoms. The van der Waals surface area contributed by atoms with Gasteiger partial charge in [0, 0.05) is 24.6 Å². The Balaban J connectivity index is 1.73. The standard InChI is InChI=1S/C18H19NO3S/c1-22-16-9-11-23-17(16)18(21)19-10-5-8-14(19)12-15(20)13-6-3-2-4-7-13/h2-4,6-7,9,11,14H,5,8,10,12H2,1H3. The highest BCUT2D eigenvalue weighted by Crippen LogP contribution is 2.30. The Kier molecular flexibility index (Phi) is 4.76. The fourth-order valence-electron chi connectivity index (χ4n) is 3.02. The molecule has 4 nitrogen and oxygen atoms in total. The predicted octanol–water partition coefficient (Wildman–Crippen LogP) is 3.63. The third-order valence-corrected chi connectivity index (χ3v) is 5.08. The molecule has 2 heterocycles. The van der Waals surface area contributed by atoms with Crippen molar-refractivity contribution in [3.8, 4) is 5.75 Å². The van der Waals surface area contributed by atoms with Crippen LogP contribution in [0.15, 0.2) is 41.8 Å². The molecule has 1 atom stereocenters. The third-order valence-electron chi connectivity index (χ3n) is 4.20. The molecular weight excluding hydrogens is 310 g/mol. The fraction of sp³-hybridized carbons (Fsp3) is 0.333. The minimum Gasteiger partial charge on any atom is -0.495 e. The van der Waals surface area contributed by atoms with Crippen molar-refractivity contribution in [2.45, 2.75) is 25.3 Å². The maximum Gasteiger partial charge on any atom is 0.268 e. The normalized spacial score (nSPS) is 17.3. The lowest BCUT2D eigenvalue weighted by Gasteiger charge is -2.24. The zero-order valence-corrected chi connectivity index (χ0v) is 13.8. The molecule has 1 fully saturated rings. The van der Waals surface area contributed by atoms with E-state index in [0.29, 0.717) is 29.2 Å². The van der Waals surface area contributed by atoms with E-state index >= 15 is 0 Å². The van der Waals surface area contributed by atoms with Gasteiger partial charge in [-0.15, -0.1) is 11.3 Å². The zero-order chi connectivity index (χ0) is 16.2. The molecule has 0 spiro atoms. The Bertz CT molecular complexity index is 695. The largest absolute Gasteiger partial charge is 0.495 e. The summed E-state index contributed by atoms with van der Waals surface area (Å²) in [6, 6.07) is 11.0. The minimum atomic E-state index is -0.0276. The van der Waals surface area contributed by atoms with E-state index in [1.165, 1.54) is 11.3 Å². The van der Waals surface area contributed by atoms with Crippen molar-refractivity contribution in [3.05, 3.63) is 52.2 Å². The maximum absolute atomic E-state index is 12.8. The van der Waals surface area contributed by atoms with Crippen molar-refractivity contribution in [2.75, 3.05) is 13.7 Å². The van der Waals surface area contributed by atoms with Gasteiger partial charge in [-0.05, 0) is 24.3 Å². The second-order valence-electron chi connectivity index (χ2n) is 5.61. The van der Waals surface area contributed by atoms with Gasteiger partial charge in [-0.1, -0.05) is 30.3 Å². The van der Waals surface area contributed by atoms with E-state index in [-0.39, 0.29) is 17.7 Å². The van der Waals surface area contributed by atoms with Crippen molar-refractivity contribution < 1.29 is 14.3 Å². The SMILES string of the molecule is COc1ccsc1C(=O)N1CCCC1CC(=O)c1ccccc1. The maximum atomic E-state index is 12.8. The summed E-state index contributed by atoms with van der Waals surface area (Å²) in [6.07, 6.45) is 2.19. The van der Waals surface area contributed by atoms with Crippen LogP contribution in [-0.4, -0.2) is 36.3 Å². The predicted molar refractivity (Wildman–Crippen MR) is 90.3 cm³/mol. The van der Waals surface area contributed by atoms with E-state index in [0.717, 1.165) is 12.8 Å². The zero-order valence-electron chi connectivity index (χ0n) is 13.0. The van der Waals surface area contributed by atoms with Crippen LogP contribution in [-0.2, 0) is 0 Å². The molecule has 1 unspecified atom stereocenters. The number of ketones is 1. The van der Waals surface area contributed by atoms with Gasteiger partial charge in [0.2, 0.25) is 0 Å². The number of thiophene rings is 1. The number of likely N-dealkylation sites (tertiary alicyclic amines) is 1. The number of Topliss-reactive ketones (excluding diaryl/α,β-unsaturated/α-hetero) is 1. The summed E-state index contributed by atoms with van der Waals surface area (Å²) in [5.74, 6) is 0.675. The summed E-state index contributed by atoms with van der Waals surface area (Å²) in [5, 5.41) is 1.85. The van der Waals surface area contributed by atoms with Gasteiger partial charge < -0.3 is 9.64 Å². The molecule has 1 saturated heterocycles.